The highest BCUT2D eigenvalue weighted by atomic mass is 16.6. The minimum Gasteiger partial charge on any atom is -0.465 e. The van der Waals surface area contributed by atoms with Crippen molar-refractivity contribution < 1.29 is 19.1 Å². The van der Waals surface area contributed by atoms with Crippen LogP contribution >= 0.6 is 0 Å². The number of alkyl carbamates (subject to hydrolysis) is 1. The second-order valence-electron chi connectivity index (χ2n) is 11.3. The first-order chi connectivity index (χ1) is 18.5. The lowest BCUT2D eigenvalue weighted by molar-refractivity contribution is 0.0377. The first-order valence-corrected chi connectivity index (χ1v) is 13.3. The van der Waals surface area contributed by atoms with Crippen molar-refractivity contribution in [2.24, 2.45) is 0 Å². The summed E-state index contributed by atoms with van der Waals surface area (Å²) in [5.41, 5.74) is 6.80. The number of ether oxygens (including phenoxy) is 2. The van der Waals surface area contributed by atoms with Gasteiger partial charge in [0.1, 0.15) is 11.2 Å². The van der Waals surface area contributed by atoms with Gasteiger partial charge in [0.25, 0.3) is 0 Å². The maximum atomic E-state index is 12.6. The quantitative estimate of drug-likeness (QED) is 0.284. The van der Waals surface area contributed by atoms with Crippen molar-refractivity contribution in [3.05, 3.63) is 83.0 Å². The number of esters is 1. The van der Waals surface area contributed by atoms with Crippen LogP contribution in [0.3, 0.4) is 0 Å². The number of fused-ring (bicyclic) bond motifs is 1. The molecule has 1 amide bonds. The molecule has 0 atom stereocenters. The molecule has 1 N–H and O–H groups in total. The molecule has 2 aromatic heterocycles. The summed E-state index contributed by atoms with van der Waals surface area (Å²) < 4.78 is 12.6. The molecule has 0 radical (unpaired) electrons. The average Bonchev–Trinajstić information content (AvgIpc) is 3.27. The number of aromatic nitrogens is 2. The van der Waals surface area contributed by atoms with Gasteiger partial charge in [-0.2, -0.15) is 0 Å². The lowest BCUT2D eigenvalue weighted by Crippen LogP contribution is -2.52. The molecule has 1 aliphatic rings. The monoisotopic (exact) mass is 525 g/mol. The van der Waals surface area contributed by atoms with Crippen LogP contribution in [0.2, 0.25) is 0 Å². The summed E-state index contributed by atoms with van der Waals surface area (Å²) in [5.74, 6) is -0.376. The standard InChI is InChI=1S/C32H35N3O4/c1-20-21(2)28-33-26(27(23-11-8-7-9-12-23)35(28)19-25(20)29(36)38-6)22-13-15-24(16-14-22)32(17-10-18-32)34-30(37)39-31(3,4)5/h7-9,11-16,19H,10,17-18H2,1-6H3,(H,34,37). The van der Waals surface area contributed by atoms with Crippen molar-refractivity contribution in [2.75, 3.05) is 7.11 Å². The summed E-state index contributed by atoms with van der Waals surface area (Å²) in [7, 11) is 1.40. The Bertz CT molecular complexity index is 1540. The Labute approximate surface area is 229 Å². The molecule has 5 rings (SSSR count). The largest absolute Gasteiger partial charge is 0.465 e. The molecule has 2 aromatic carbocycles. The number of benzene rings is 2. The lowest BCUT2D eigenvalue weighted by Gasteiger charge is -2.43. The zero-order valence-electron chi connectivity index (χ0n) is 23.4. The van der Waals surface area contributed by atoms with Gasteiger partial charge >= 0.3 is 12.1 Å². The Hall–Kier alpha value is -4.13. The van der Waals surface area contributed by atoms with Crippen molar-refractivity contribution >= 4 is 17.7 Å². The normalized spacial score (nSPS) is 14.5. The Balaban J connectivity index is 1.60. The number of pyridine rings is 1. The van der Waals surface area contributed by atoms with Gasteiger partial charge in [-0.3, -0.25) is 4.40 Å². The molecule has 1 aliphatic carbocycles. The average molecular weight is 526 g/mol. The van der Waals surface area contributed by atoms with E-state index in [1.165, 1.54) is 7.11 Å². The molecule has 1 fully saturated rings. The van der Waals surface area contributed by atoms with Crippen LogP contribution in [0, 0.1) is 13.8 Å². The second kappa shape index (κ2) is 9.88. The first-order valence-electron chi connectivity index (χ1n) is 13.3. The third-order valence-corrected chi connectivity index (χ3v) is 7.58. The van der Waals surface area contributed by atoms with E-state index in [1.54, 1.807) is 0 Å². The maximum Gasteiger partial charge on any atom is 0.408 e. The van der Waals surface area contributed by atoms with Crippen LogP contribution in [0.25, 0.3) is 28.2 Å². The van der Waals surface area contributed by atoms with Gasteiger partial charge in [-0.25, -0.2) is 14.6 Å². The molecule has 4 aromatic rings. The summed E-state index contributed by atoms with van der Waals surface area (Å²) in [5, 5.41) is 3.13. The van der Waals surface area contributed by atoms with Crippen LogP contribution in [0.5, 0.6) is 0 Å². The van der Waals surface area contributed by atoms with Crippen molar-refractivity contribution in [1.82, 2.24) is 14.7 Å². The van der Waals surface area contributed by atoms with Gasteiger partial charge in [-0.15, -0.1) is 0 Å². The van der Waals surface area contributed by atoms with E-state index < -0.39 is 17.2 Å². The van der Waals surface area contributed by atoms with E-state index in [2.05, 4.69) is 29.6 Å². The fraction of sp³-hybridized carbons (Fsp3) is 0.344. The minimum atomic E-state index is -0.555. The summed E-state index contributed by atoms with van der Waals surface area (Å²) >= 11 is 0. The Morgan fingerprint density at radius 2 is 1.62 bits per heavy atom. The van der Waals surface area contributed by atoms with E-state index in [4.69, 9.17) is 14.5 Å². The van der Waals surface area contributed by atoms with E-state index in [-0.39, 0.29) is 5.97 Å². The smallest absolute Gasteiger partial charge is 0.408 e. The molecule has 0 unspecified atom stereocenters. The van der Waals surface area contributed by atoms with Gasteiger partial charge in [0, 0.05) is 17.3 Å². The van der Waals surface area contributed by atoms with Crippen molar-refractivity contribution in [3.8, 4) is 22.5 Å². The number of aryl methyl sites for hydroxylation is 1. The molecule has 39 heavy (non-hydrogen) atoms. The van der Waals surface area contributed by atoms with Crippen LogP contribution in [0.1, 0.15) is 67.1 Å². The van der Waals surface area contributed by atoms with Crippen LogP contribution in [0.4, 0.5) is 4.79 Å². The van der Waals surface area contributed by atoms with Crippen LogP contribution in [0.15, 0.2) is 60.8 Å². The third kappa shape index (κ3) is 4.89. The highest BCUT2D eigenvalue weighted by Gasteiger charge is 2.41. The number of carbonyl (C=O) groups excluding carboxylic acids is 2. The third-order valence-electron chi connectivity index (χ3n) is 7.58. The molecule has 202 valence electrons. The number of rotatable bonds is 5. The van der Waals surface area contributed by atoms with E-state index >= 15 is 0 Å². The van der Waals surface area contributed by atoms with Gasteiger partial charge in [0.15, 0.2) is 0 Å². The summed E-state index contributed by atoms with van der Waals surface area (Å²) in [6.45, 7) is 9.50. The first kappa shape index (κ1) is 26.5. The van der Waals surface area contributed by atoms with E-state index in [0.717, 1.165) is 64.1 Å². The molecular weight excluding hydrogens is 490 g/mol. The fourth-order valence-electron chi connectivity index (χ4n) is 5.27. The lowest BCUT2D eigenvalue weighted by atomic mass is 9.71. The van der Waals surface area contributed by atoms with Crippen LogP contribution in [-0.2, 0) is 15.0 Å². The Morgan fingerprint density at radius 1 is 0.949 bits per heavy atom. The highest BCUT2D eigenvalue weighted by Crippen LogP contribution is 2.43. The summed E-state index contributed by atoms with van der Waals surface area (Å²) in [6, 6.07) is 18.3. The van der Waals surface area contributed by atoms with Crippen LogP contribution in [-0.4, -0.2) is 34.2 Å². The second-order valence-corrected chi connectivity index (χ2v) is 11.3. The molecule has 7 heteroatoms. The Kier molecular flexibility index (Phi) is 6.70. The number of amides is 1. The summed E-state index contributed by atoms with van der Waals surface area (Å²) in [6.07, 6.45) is 4.20. The predicted octanol–water partition coefficient (Wildman–Crippen LogP) is 6.98. The molecule has 0 aliphatic heterocycles. The minimum absolute atomic E-state index is 0.376. The molecule has 0 spiro atoms. The number of hydrogen-bond acceptors (Lipinski definition) is 5. The van der Waals surface area contributed by atoms with Crippen molar-refractivity contribution in [2.45, 2.75) is 65.0 Å². The van der Waals surface area contributed by atoms with Gasteiger partial charge < -0.3 is 14.8 Å². The van der Waals surface area contributed by atoms with Gasteiger partial charge in [0.2, 0.25) is 0 Å². The number of nitrogens with one attached hydrogen (secondary N) is 1. The maximum absolute atomic E-state index is 12.6. The number of carbonyl (C=O) groups is 2. The Morgan fingerprint density at radius 3 is 2.18 bits per heavy atom. The highest BCUT2D eigenvalue weighted by molar-refractivity contribution is 5.93. The number of methoxy groups -OCH3 is 1. The molecule has 2 heterocycles. The molecule has 0 saturated heterocycles. The van der Waals surface area contributed by atoms with E-state index in [1.807, 2.05) is 75.5 Å². The fourth-order valence-corrected chi connectivity index (χ4v) is 5.27. The zero-order chi connectivity index (χ0) is 27.9. The zero-order valence-corrected chi connectivity index (χ0v) is 23.4. The predicted molar refractivity (Wildman–Crippen MR) is 152 cm³/mol. The van der Waals surface area contributed by atoms with Crippen LogP contribution < -0.4 is 5.32 Å². The number of imidazole rings is 1. The van der Waals surface area contributed by atoms with Gasteiger partial charge in [-0.1, -0.05) is 54.6 Å². The van der Waals surface area contributed by atoms with E-state index in [0.29, 0.717) is 5.56 Å². The number of hydrogen-bond donors (Lipinski definition) is 1. The molecule has 7 nitrogen and oxygen atoms in total. The van der Waals surface area contributed by atoms with Gasteiger partial charge in [0.05, 0.1) is 29.6 Å². The van der Waals surface area contributed by atoms with E-state index in [9.17, 15) is 9.59 Å². The molecule has 0 bridgehead atoms. The topological polar surface area (TPSA) is 81.9 Å². The summed E-state index contributed by atoms with van der Waals surface area (Å²) in [4.78, 5) is 30.3. The van der Waals surface area contributed by atoms with Gasteiger partial charge in [-0.05, 0) is 70.6 Å². The molecule has 1 saturated carbocycles. The number of nitrogens with zero attached hydrogens (tertiary/aromatic N) is 2. The molecular formula is C32H35N3O4. The SMILES string of the molecule is COC(=O)c1cn2c(-c3ccccc3)c(-c3ccc(C4(NC(=O)OC(C)(C)C)CCC4)cc3)nc2c(C)c1C. The van der Waals surface area contributed by atoms with Crippen molar-refractivity contribution in [3.63, 3.8) is 0 Å². The van der Waals surface area contributed by atoms with Crippen molar-refractivity contribution in [1.29, 1.82) is 0 Å².